The molecule has 11 nitrogen and oxygen atoms in total. The Balaban J connectivity index is 1.13. The summed E-state index contributed by atoms with van der Waals surface area (Å²) < 4.78 is 0. The number of carbonyl (C=O) groups is 5. The number of aryl methyl sites for hydroxylation is 1. The van der Waals surface area contributed by atoms with E-state index in [-0.39, 0.29) is 42.5 Å². The standard InChI is InChI=1S/C38H43N5O6/c1-24-18-26(13-14-28(24)20-37(2)33(46)42(35(48)40(37)4)22-31(44)25-10-7-6-8-11-25)27-15-16-30(19-27)38(3)34(47)43(36(49)41(38)5)23-32(45)29-12-9-17-39-21-29/h6-14,17-18,21,27,30-31,44H,15-16,19-20,22-23H2,1-5H3. The van der Waals surface area contributed by atoms with E-state index in [1.165, 1.54) is 16.0 Å². The first-order valence-corrected chi connectivity index (χ1v) is 16.7. The van der Waals surface area contributed by atoms with Gasteiger partial charge >= 0.3 is 12.1 Å². The van der Waals surface area contributed by atoms with Gasteiger partial charge in [0.2, 0.25) is 0 Å². The second-order valence-electron chi connectivity index (χ2n) is 14.1. The Labute approximate surface area is 286 Å². The summed E-state index contributed by atoms with van der Waals surface area (Å²) in [5, 5.41) is 10.8. The quantitative estimate of drug-likeness (QED) is 0.245. The van der Waals surface area contributed by atoms with E-state index in [4.69, 9.17) is 0 Å². The number of hydrogen-bond donors (Lipinski definition) is 1. The van der Waals surface area contributed by atoms with E-state index >= 15 is 0 Å². The maximum Gasteiger partial charge on any atom is 0.327 e. The number of carbonyl (C=O) groups excluding carboxylic acids is 5. The first kappa shape index (κ1) is 34.0. The number of amides is 6. The van der Waals surface area contributed by atoms with Crippen LogP contribution in [0.3, 0.4) is 0 Å². The number of urea groups is 2. The molecule has 1 aliphatic carbocycles. The zero-order chi connectivity index (χ0) is 35.2. The minimum atomic E-state index is -1.11. The van der Waals surface area contributed by atoms with E-state index < -0.39 is 29.2 Å². The molecule has 3 heterocycles. The van der Waals surface area contributed by atoms with E-state index in [0.29, 0.717) is 24.0 Å². The van der Waals surface area contributed by atoms with Crippen LogP contribution < -0.4 is 0 Å². The van der Waals surface area contributed by atoms with Gasteiger partial charge in [-0.25, -0.2) is 9.59 Å². The molecule has 1 aromatic heterocycles. The number of rotatable bonds is 10. The highest BCUT2D eigenvalue weighted by atomic mass is 16.3. The first-order valence-electron chi connectivity index (χ1n) is 16.7. The number of β-amino-alcohol motifs (C(OH)–C–C–N with tert-alkyl or cyclic N) is 1. The van der Waals surface area contributed by atoms with Gasteiger partial charge in [0.25, 0.3) is 11.8 Å². The van der Waals surface area contributed by atoms with Crippen LogP contribution in [0.15, 0.2) is 73.1 Å². The van der Waals surface area contributed by atoms with Crippen LogP contribution in [0.25, 0.3) is 0 Å². The molecule has 6 rings (SSSR count). The topological polar surface area (TPSA) is 131 Å². The molecule has 2 aromatic carbocycles. The van der Waals surface area contributed by atoms with Gasteiger partial charge in [-0.15, -0.1) is 0 Å². The van der Waals surface area contributed by atoms with E-state index in [2.05, 4.69) is 17.1 Å². The summed E-state index contributed by atoms with van der Waals surface area (Å²) >= 11 is 0. The normalized spacial score (nSPS) is 26.3. The van der Waals surface area contributed by atoms with Crippen molar-refractivity contribution in [3.8, 4) is 0 Å². The lowest BCUT2D eigenvalue weighted by Gasteiger charge is -2.34. The summed E-state index contributed by atoms with van der Waals surface area (Å²) in [5.41, 5.74) is 1.86. The van der Waals surface area contributed by atoms with Crippen molar-refractivity contribution >= 4 is 29.7 Å². The van der Waals surface area contributed by atoms with E-state index in [9.17, 15) is 29.1 Å². The molecule has 0 radical (unpaired) electrons. The summed E-state index contributed by atoms with van der Waals surface area (Å²) in [7, 11) is 3.26. The van der Waals surface area contributed by atoms with Crippen molar-refractivity contribution in [3.63, 3.8) is 0 Å². The third kappa shape index (κ3) is 5.79. The minimum Gasteiger partial charge on any atom is -0.387 e. The van der Waals surface area contributed by atoms with Crippen molar-refractivity contribution in [1.82, 2.24) is 24.6 Å². The van der Waals surface area contributed by atoms with Gasteiger partial charge in [-0.05, 0) is 86.3 Å². The average molecular weight is 666 g/mol. The Kier molecular flexibility index (Phi) is 8.91. The zero-order valence-corrected chi connectivity index (χ0v) is 28.6. The number of imide groups is 2. The largest absolute Gasteiger partial charge is 0.387 e. The lowest BCUT2D eigenvalue weighted by molar-refractivity contribution is -0.134. The van der Waals surface area contributed by atoms with Crippen LogP contribution in [0, 0.1) is 12.8 Å². The Morgan fingerprint density at radius 3 is 2.31 bits per heavy atom. The van der Waals surface area contributed by atoms with Crippen LogP contribution in [0.5, 0.6) is 0 Å². The molecule has 1 saturated carbocycles. The fraction of sp³-hybridized carbons (Fsp3) is 0.421. The monoisotopic (exact) mass is 665 g/mol. The van der Waals surface area contributed by atoms with Crippen LogP contribution in [-0.4, -0.2) is 97.6 Å². The Bertz CT molecular complexity index is 1800. The highest BCUT2D eigenvalue weighted by Crippen LogP contribution is 2.48. The van der Waals surface area contributed by atoms with E-state index in [0.717, 1.165) is 39.3 Å². The predicted molar refractivity (Wildman–Crippen MR) is 181 cm³/mol. The van der Waals surface area contributed by atoms with Gasteiger partial charge in [-0.3, -0.25) is 29.2 Å². The van der Waals surface area contributed by atoms with E-state index in [1.54, 1.807) is 63.6 Å². The number of hydrogen-bond acceptors (Lipinski definition) is 7. The summed E-state index contributed by atoms with van der Waals surface area (Å²) in [6, 6.07) is 17.5. The number of likely N-dealkylation sites (N-methyl/N-ethyl adjacent to an activating group) is 2. The number of aliphatic hydroxyl groups is 1. The van der Waals surface area contributed by atoms with Gasteiger partial charge in [-0.1, -0.05) is 48.5 Å². The van der Waals surface area contributed by atoms with Crippen LogP contribution in [0.4, 0.5) is 9.59 Å². The molecular weight excluding hydrogens is 622 g/mol. The van der Waals surface area contributed by atoms with E-state index in [1.807, 2.05) is 26.0 Å². The Morgan fingerprint density at radius 2 is 1.63 bits per heavy atom. The number of ketones is 1. The maximum absolute atomic E-state index is 13.8. The molecule has 5 unspecified atom stereocenters. The Morgan fingerprint density at radius 1 is 0.918 bits per heavy atom. The van der Waals surface area contributed by atoms with Crippen molar-refractivity contribution in [3.05, 3.63) is 101 Å². The predicted octanol–water partition coefficient (Wildman–Crippen LogP) is 4.74. The molecule has 3 aromatic rings. The lowest BCUT2D eigenvalue weighted by atomic mass is 9.81. The molecular formula is C38H43N5O6. The average Bonchev–Trinajstić information content (AvgIpc) is 3.72. The van der Waals surface area contributed by atoms with Gasteiger partial charge in [0, 0.05) is 38.5 Å². The summed E-state index contributed by atoms with van der Waals surface area (Å²) in [6.45, 7) is 5.12. The highest BCUT2D eigenvalue weighted by Gasteiger charge is 2.58. The summed E-state index contributed by atoms with van der Waals surface area (Å²) in [4.78, 5) is 76.0. The molecule has 5 atom stereocenters. The molecule has 3 aliphatic rings. The number of aliphatic hydroxyl groups excluding tert-OH is 1. The number of nitrogens with zero attached hydrogens (tertiary/aromatic N) is 5. The summed E-state index contributed by atoms with van der Waals surface area (Å²) in [6.07, 6.45) is 4.62. The van der Waals surface area contributed by atoms with Crippen LogP contribution in [-0.2, 0) is 16.0 Å². The third-order valence-corrected chi connectivity index (χ3v) is 11.3. The highest BCUT2D eigenvalue weighted by molar-refractivity contribution is 6.11. The van der Waals surface area contributed by atoms with Crippen molar-refractivity contribution in [2.75, 3.05) is 27.2 Å². The molecule has 3 fully saturated rings. The fourth-order valence-corrected chi connectivity index (χ4v) is 7.79. The zero-order valence-electron chi connectivity index (χ0n) is 28.6. The fourth-order valence-electron chi connectivity index (χ4n) is 7.79. The van der Waals surface area contributed by atoms with Gasteiger partial charge < -0.3 is 14.9 Å². The van der Waals surface area contributed by atoms with Crippen molar-refractivity contribution < 1.29 is 29.1 Å². The molecule has 0 bridgehead atoms. The second kappa shape index (κ2) is 12.9. The second-order valence-corrected chi connectivity index (χ2v) is 14.1. The minimum absolute atomic E-state index is 0.0932. The van der Waals surface area contributed by atoms with Crippen molar-refractivity contribution in [1.29, 1.82) is 0 Å². The number of pyridine rings is 1. The smallest absolute Gasteiger partial charge is 0.327 e. The van der Waals surface area contributed by atoms with Gasteiger partial charge in [0.05, 0.1) is 19.2 Å². The first-order chi connectivity index (χ1) is 23.3. The molecule has 2 aliphatic heterocycles. The van der Waals surface area contributed by atoms with Gasteiger partial charge in [-0.2, -0.15) is 0 Å². The van der Waals surface area contributed by atoms with Crippen LogP contribution >= 0.6 is 0 Å². The molecule has 49 heavy (non-hydrogen) atoms. The molecule has 0 spiro atoms. The summed E-state index contributed by atoms with van der Waals surface area (Å²) in [5.74, 6) is -0.966. The molecule has 1 N–H and O–H groups in total. The van der Waals surface area contributed by atoms with Crippen molar-refractivity contribution in [2.24, 2.45) is 5.92 Å². The van der Waals surface area contributed by atoms with Crippen LogP contribution in [0.2, 0.25) is 0 Å². The number of Topliss-reactive ketones (excluding diaryl/α,β-unsaturated/α-hetero) is 1. The molecule has 6 amide bonds. The van der Waals surface area contributed by atoms with Crippen molar-refractivity contribution in [2.45, 2.75) is 69.6 Å². The molecule has 2 saturated heterocycles. The maximum atomic E-state index is 13.8. The molecule has 256 valence electrons. The SMILES string of the molecule is Cc1cc(C2CCC(C3(C)C(=O)N(CC(=O)c4cccnc4)C(=O)N3C)C2)ccc1CC1(C)C(=O)N(CC(O)c2ccccc2)C(=O)N1C. The number of benzene rings is 2. The van der Waals surface area contributed by atoms with Crippen LogP contribution in [0.1, 0.15) is 77.7 Å². The molecule has 11 heteroatoms. The third-order valence-electron chi connectivity index (χ3n) is 11.3. The number of aromatic nitrogens is 1. The van der Waals surface area contributed by atoms with Gasteiger partial charge in [0.1, 0.15) is 11.1 Å². The van der Waals surface area contributed by atoms with Gasteiger partial charge in [0.15, 0.2) is 5.78 Å². The Hall–Kier alpha value is -4.90. The lowest BCUT2D eigenvalue weighted by Crippen LogP contribution is -2.50.